The topological polar surface area (TPSA) is 21.3 Å². The van der Waals surface area contributed by atoms with E-state index >= 15 is 0 Å². The van der Waals surface area contributed by atoms with Crippen LogP contribution in [0.25, 0.3) is 0 Å². The minimum absolute atomic E-state index is 0.571. The van der Waals surface area contributed by atoms with E-state index in [2.05, 4.69) is 57.7 Å². The number of hydrogen-bond acceptors (Lipinski definition) is 2. The van der Waals surface area contributed by atoms with E-state index < -0.39 is 0 Å². The van der Waals surface area contributed by atoms with Gasteiger partial charge in [0, 0.05) is 21.5 Å². The van der Waals surface area contributed by atoms with Crippen LogP contribution in [0, 0.1) is 5.92 Å². The zero-order chi connectivity index (χ0) is 12.7. The molecule has 0 aliphatic heterocycles. The van der Waals surface area contributed by atoms with Crippen LogP contribution < -0.4 is 10.1 Å². The Morgan fingerprint density at radius 3 is 2.76 bits per heavy atom. The average Bonchev–Trinajstić information content (AvgIpc) is 2.28. The van der Waals surface area contributed by atoms with Crippen molar-refractivity contribution in [3.63, 3.8) is 0 Å². The maximum absolute atomic E-state index is 5.67. The molecular formula is C13H19BrINO. The molecule has 0 saturated carbocycles. The first kappa shape index (κ1) is 15.2. The quantitative estimate of drug-likeness (QED) is 0.417. The van der Waals surface area contributed by atoms with Crippen LogP contribution in [-0.4, -0.2) is 23.6 Å². The van der Waals surface area contributed by atoms with Gasteiger partial charge in [-0.2, -0.15) is 0 Å². The second kappa shape index (κ2) is 8.32. The molecule has 1 N–H and O–H groups in total. The van der Waals surface area contributed by atoms with Gasteiger partial charge in [-0.3, -0.25) is 0 Å². The summed E-state index contributed by atoms with van der Waals surface area (Å²) in [5.74, 6) is 1.58. The number of rotatable bonds is 7. The van der Waals surface area contributed by atoms with Gasteiger partial charge in [-0.25, -0.2) is 0 Å². The summed E-state index contributed by atoms with van der Waals surface area (Å²) in [6.07, 6.45) is 0. The third-order valence-electron chi connectivity index (χ3n) is 2.54. The monoisotopic (exact) mass is 411 g/mol. The number of ether oxygens (including phenoxy) is 1. The van der Waals surface area contributed by atoms with Crippen molar-refractivity contribution in [2.45, 2.75) is 19.9 Å². The predicted octanol–water partition coefficient (Wildman–Crippen LogP) is 3.88. The van der Waals surface area contributed by atoms with Crippen molar-refractivity contribution >= 4 is 38.5 Å². The van der Waals surface area contributed by atoms with Crippen molar-refractivity contribution in [3.05, 3.63) is 28.7 Å². The molecule has 0 heterocycles. The highest BCUT2D eigenvalue weighted by Crippen LogP contribution is 2.17. The van der Waals surface area contributed by atoms with Crippen LogP contribution in [0.1, 0.15) is 13.8 Å². The van der Waals surface area contributed by atoms with Crippen molar-refractivity contribution in [3.8, 4) is 5.75 Å². The maximum atomic E-state index is 5.67. The van der Waals surface area contributed by atoms with E-state index in [-0.39, 0.29) is 0 Å². The van der Waals surface area contributed by atoms with Crippen molar-refractivity contribution in [1.82, 2.24) is 5.32 Å². The zero-order valence-corrected chi connectivity index (χ0v) is 14.0. The predicted molar refractivity (Wildman–Crippen MR) is 85.2 cm³/mol. The fourth-order valence-electron chi connectivity index (χ4n) is 1.44. The van der Waals surface area contributed by atoms with Gasteiger partial charge in [0.1, 0.15) is 12.4 Å². The third kappa shape index (κ3) is 6.06. The lowest BCUT2D eigenvalue weighted by molar-refractivity contribution is 0.298. The molecule has 0 aliphatic rings. The first-order valence-corrected chi connectivity index (χ1v) is 8.13. The van der Waals surface area contributed by atoms with Gasteiger partial charge in [0.05, 0.1) is 0 Å². The summed E-state index contributed by atoms with van der Waals surface area (Å²) in [4.78, 5) is 0. The molecule has 1 atom stereocenters. The smallest absolute Gasteiger partial charge is 0.120 e. The second-order valence-corrected chi connectivity index (χ2v) is 6.06. The standard InChI is InChI=1S/C13H19BrINO/c1-10(2)13(9-15)16-6-7-17-12-5-3-4-11(14)8-12/h3-5,8,10,13,16H,6-7,9H2,1-2H3. The Hall–Kier alpha value is 0.190. The number of hydrogen-bond donors (Lipinski definition) is 1. The van der Waals surface area contributed by atoms with Crippen LogP contribution in [0.2, 0.25) is 0 Å². The van der Waals surface area contributed by atoms with Crippen molar-refractivity contribution in [2.24, 2.45) is 5.92 Å². The van der Waals surface area contributed by atoms with E-state index in [0.29, 0.717) is 18.6 Å². The number of alkyl halides is 1. The highest BCUT2D eigenvalue weighted by Gasteiger charge is 2.09. The Balaban J connectivity index is 2.24. The molecule has 0 bridgehead atoms. The summed E-state index contributed by atoms with van der Waals surface area (Å²) in [5.41, 5.74) is 0. The van der Waals surface area contributed by atoms with E-state index in [9.17, 15) is 0 Å². The zero-order valence-electron chi connectivity index (χ0n) is 10.2. The minimum atomic E-state index is 0.571. The fraction of sp³-hybridized carbons (Fsp3) is 0.538. The molecule has 0 aromatic heterocycles. The molecule has 0 amide bonds. The van der Waals surface area contributed by atoms with Crippen LogP contribution in [0.4, 0.5) is 0 Å². The van der Waals surface area contributed by atoms with Gasteiger partial charge < -0.3 is 10.1 Å². The van der Waals surface area contributed by atoms with Gasteiger partial charge in [0.25, 0.3) is 0 Å². The van der Waals surface area contributed by atoms with Gasteiger partial charge in [-0.1, -0.05) is 58.4 Å². The molecule has 0 aliphatic carbocycles. The molecule has 1 aromatic carbocycles. The first-order valence-electron chi connectivity index (χ1n) is 5.81. The molecule has 0 saturated heterocycles. The van der Waals surface area contributed by atoms with Crippen LogP contribution >= 0.6 is 38.5 Å². The van der Waals surface area contributed by atoms with Crippen molar-refractivity contribution in [1.29, 1.82) is 0 Å². The Bertz CT molecular complexity index is 333. The molecule has 17 heavy (non-hydrogen) atoms. The summed E-state index contributed by atoms with van der Waals surface area (Å²) in [6.45, 7) is 6.08. The molecular weight excluding hydrogens is 393 g/mol. The largest absolute Gasteiger partial charge is 0.492 e. The van der Waals surface area contributed by atoms with E-state index in [4.69, 9.17) is 4.74 Å². The van der Waals surface area contributed by atoms with Gasteiger partial charge in [-0.15, -0.1) is 0 Å². The highest BCUT2D eigenvalue weighted by atomic mass is 127. The van der Waals surface area contributed by atoms with E-state index in [0.717, 1.165) is 21.2 Å². The minimum Gasteiger partial charge on any atom is -0.492 e. The summed E-state index contributed by atoms with van der Waals surface area (Å²) in [6, 6.07) is 8.51. The lowest BCUT2D eigenvalue weighted by atomic mass is 10.1. The summed E-state index contributed by atoms with van der Waals surface area (Å²) in [7, 11) is 0. The lowest BCUT2D eigenvalue weighted by Gasteiger charge is -2.20. The number of nitrogens with one attached hydrogen (secondary N) is 1. The van der Waals surface area contributed by atoms with Gasteiger partial charge in [0.15, 0.2) is 0 Å². The van der Waals surface area contributed by atoms with Gasteiger partial charge in [-0.05, 0) is 24.1 Å². The maximum Gasteiger partial charge on any atom is 0.120 e. The molecule has 0 fully saturated rings. The summed E-state index contributed by atoms with van der Waals surface area (Å²) in [5, 5.41) is 3.51. The second-order valence-electron chi connectivity index (χ2n) is 4.26. The third-order valence-corrected chi connectivity index (χ3v) is 3.99. The Morgan fingerprint density at radius 2 is 2.18 bits per heavy atom. The van der Waals surface area contributed by atoms with Crippen LogP contribution in [0.5, 0.6) is 5.75 Å². The van der Waals surface area contributed by atoms with Crippen LogP contribution in [0.3, 0.4) is 0 Å². The molecule has 4 heteroatoms. The molecule has 0 radical (unpaired) electrons. The van der Waals surface area contributed by atoms with Crippen LogP contribution in [0.15, 0.2) is 28.7 Å². The molecule has 1 unspecified atom stereocenters. The van der Waals surface area contributed by atoms with Gasteiger partial charge in [0.2, 0.25) is 0 Å². The van der Waals surface area contributed by atoms with Crippen molar-refractivity contribution < 1.29 is 4.74 Å². The average molecular weight is 412 g/mol. The molecule has 96 valence electrons. The SMILES string of the molecule is CC(C)C(CI)NCCOc1cccc(Br)c1. The highest BCUT2D eigenvalue weighted by molar-refractivity contribution is 14.1. The Labute approximate surface area is 126 Å². The lowest BCUT2D eigenvalue weighted by Crippen LogP contribution is -2.37. The summed E-state index contributed by atoms with van der Waals surface area (Å²) < 4.78 is 7.85. The van der Waals surface area contributed by atoms with E-state index in [1.807, 2.05) is 24.3 Å². The fourth-order valence-corrected chi connectivity index (χ4v) is 3.15. The molecule has 1 aromatic rings. The molecule has 1 rings (SSSR count). The van der Waals surface area contributed by atoms with E-state index in [1.54, 1.807) is 0 Å². The summed E-state index contributed by atoms with van der Waals surface area (Å²) >= 11 is 5.85. The van der Waals surface area contributed by atoms with Crippen molar-refractivity contribution in [2.75, 3.05) is 17.6 Å². The Morgan fingerprint density at radius 1 is 1.41 bits per heavy atom. The van der Waals surface area contributed by atoms with E-state index in [1.165, 1.54) is 0 Å². The number of halogens is 2. The normalized spacial score (nSPS) is 12.8. The molecule has 0 spiro atoms. The molecule has 2 nitrogen and oxygen atoms in total. The van der Waals surface area contributed by atoms with Gasteiger partial charge >= 0.3 is 0 Å². The Kier molecular flexibility index (Phi) is 7.46. The first-order chi connectivity index (χ1) is 8.13. The number of benzene rings is 1. The van der Waals surface area contributed by atoms with Crippen LogP contribution in [-0.2, 0) is 0 Å².